The normalized spacial score (nSPS) is 17.0. The Balaban J connectivity index is 1.57. The zero-order chi connectivity index (χ0) is 24.0. The van der Waals surface area contributed by atoms with E-state index in [1.165, 1.54) is 33.8 Å². The van der Waals surface area contributed by atoms with E-state index in [0.717, 1.165) is 18.5 Å². The Kier molecular flexibility index (Phi) is 6.25. The van der Waals surface area contributed by atoms with Crippen molar-refractivity contribution in [3.63, 3.8) is 0 Å². The second-order valence-corrected chi connectivity index (χ2v) is 10.7. The van der Waals surface area contributed by atoms with Crippen molar-refractivity contribution in [2.75, 3.05) is 19.5 Å². The average molecular weight is 500 g/mol. The molecule has 3 heterocycles. The summed E-state index contributed by atoms with van der Waals surface area (Å²) in [5.74, 6) is 1.23. The summed E-state index contributed by atoms with van der Waals surface area (Å²) in [5.41, 5.74) is 4.39. The number of methoxy groups -OCH3 is 2. The first-order valence-electron chi connectivity index (χ1n) is 11.7. The Labute approximate surface area is 209 Å². The number of anilines is 1. The van der Waals surface area contributed by atoms with Crippen LogP contribution in [-0.2, 0) is 19.4 Å². The van der Waals surface area contributed by atoms with Crippen LogP contribution in [0.5, 0.6) is 11.5 Å². The van der Waals surface area contributed by atoms with Crippen LogP contribution in [0.3, 0.4) is 0 Å². The van der Waals surface area contributed by atoms with Gasteiger partial charge in [-0.25, -0.2) is 4.79 Å². The lowest BCUT2D eigenvalue weighted by Crippen LogP contribution is -2.39. The van der Waals surface area contributed by atoms with Crippen LogP contribution in [0.4, 0.5) is 10.5 Å². The molecule has 1 aliphatic heterocycles. The third-order valence-electron chi connectivity index (χ3n) is 6.83. The maximum absolute atomic E-state index is 13.9. The van der Waals surface area contributed by atoms with Gasteiger partial charge in [0.05, 0.1) is 37.5 Å². The minimum absolute atomic E-state index is 0.0754. The minimum atomic E-state index is -0.172. The third-order valence-corrected chi connectivity index (χ3v) is 8.46. The highest BCUT2D eigenvalue weighted by Crippen LogP contribution is 2.44. The molecule has 34 heavy (non-hydrogen) atoms. The molecule has 5 rings (SSSR count). The molecule has 6 nitrogen and oxygen atoms in total. The molecule has 0 saturated heterocycles. The largest absolute Gasteiger partial charge is 0.495 e. The number of thiophene rings is 1. The van der Waals surface area contributed by atoms with Gasteiger partial charge in [0.1, 0.15) is 16.5 Å². The van der Waals surface area contributed by atoms with E-state index >= 15 is 0 Å². The van der Waals surface area contributed by atoms with Crippen LogP contribution in [0, 0.1) is 5.92 Å². The molecule has 0 saturated carbocycles. The van der Waals surface area contributed by atoms with E-state index in [1.54, 1.807) is 26.4 Å². The molecule has 1 N–H and O–H groups in total. The summed E-state index contributed by atoms with van der Waals surface area (Å²) in [4.78, 5) is 17.3. The van der Waals surface area contributed by atoms with Gasteiger partial charge >= 0.3 is 6.03 Å². The number of urea groups is 1. The van der Waals surface area contributed by atoms with E-state index in [2.05, 4.69) is 42.1 Å². The molecule has 180 valence electrons. The Morgan fingerprint density at radius 1 is 1.15 bits per heavy atom. The lowest BCUT2D eigenvalue weighted by atomic mass is 9.94. The van der Waals surface area contributed by atoms with Crippen molar-refractivity contribution in [3.05, 3.63) is 57.2 Å². The monoisotopic (exact) mass is 499 g/mol. The molecule has 0 spiro atoms. The SMILES string of the molecule is COc1cc(OC)c(NC(=O)N2Cc3c(sc4c3CCCC4)-n3cccc3[C@H]2C(C)C)cc1Cl. The summed E-state index contributed by atoms with van der Waals surface area (Å²) < 4.78 is 13.1. The number of aromatic nitrogens is 1. The molecule has 2 amide bonds. The number of nitrogens with one attached hydrogen (secondary N) is 1. The molecule has 1 atom stereocenters. The molecule has 3 aromatic rings. The van der Waals surface area contributed by atoms with Crippen LogP contribution in [0.1, 0.15) is 54.4 Å². The number of rotatable bonds is 4. The number of hydrogen-bond acceptors (Lipinski definition) is 4. The molecule has 1 aromatic carbocycles. The van der Waals surface area contributed by atoms with Gasteiger partial charge in [-0.1, -0.05) is 25.4 Å². The molecule has 0 unspecified atom stereocenters. The van der Waals surface area contributed by atoms with Gasteiger partial charge in [-0.15, -0.1) is 11.3 Å². The smallest absolute Gasteiger partial charge is 0.322 e. The van der Waals surface area contributed by atoms with Crippen molar-refractivity contribution >= 4 is 34.7 Å². The van der Waals surface area contributed by atoms with Crippen LogP contribution in [-0.4, -0.2) is 29.7 Å². The van der Waals surface area contributed by atoms with Crippen molar-refractivity contribution in [1.82, 2.24) is 9.47 Å². The van der Waals surface area contributed by atoms with E-state index in [-0.39, 0.29) is 18.0 Å². The van der Waals surface area contributed by atoms with Gasteiger partial charge < -0.3 is 24.3 Å². The van der Waals surface area contributed by atoms with Crippen LogP contribution in [0.2, 0.25) is 5.02 Å². The molecule has 0 radical (unpaired) electrons. The van der Waals surface area contributed by atoms with Gasteiger partial charge in [-0.2, -0.15) is 0 Å². The highest BCUT2D eigenvalue weighted by atomic mass is 35.5. The van der Waals surface area contributed by atoms with Crippen molar-refractivity contribution in [1.29, 1.82) is 0 Å². The molecule has 2 aromatic heterocycles. The third kappa shape index (κ3) is 3.85. The fraction of sp³-hybridized carbons (Fsp3) is 0.423. The van der Waals surface area contributed by atoms with Crippen LogP contribution in [0.15, 0.2) is 30.5 Å². The van der Waals surface area contributed by atoms with Crippen molar-refractivity contribution < 1.29 is 14.3 Å². The zero-order valence-corrected chi connectivity index (χ0v) is 21.6. The van der Waals surface area contributed by atoms with Crippen molar-refractivity contribution in [3.8, 4) is 16.5 Å². The lowest BCUT2D eigenvalue weighted by Gasteiger charge is -2.33. The van der Waals surface area contributed by atoms with Gasteiger partial charge in [0.25, 0.3) is 0 Å². The number of nitrogens with zero attached hydrogens (tertiary/aromatic N) is 2. The average Bonchev–Trinajstić information content (AvgIpc) is 3.40. The number of aryl methyl sites for hydroxylation is 1. The quantitative estimate of drug-likeness (QED) is 0.428. The maximum atomic E-state index is 13.9. The van der Waals surface area contributed by atoms with E-state index in [9.17, 15) is 4.79 Å². The minimum Gasteiger partial charge on any atom is -0.495 e. The standard InChI is InChI=1S/C26H30ClN3O3S/c1-15(2)24-20-9-7-11-29(20)25-17(16-8-5-6-10-23(16)34-25)14-30(24)26(31)28-19-12-18(27)21(32-3)13-22(19)33-4/h7,9,11-13,15,24H,5-6,8,10,14H2,1-4H3,(H,28,31)/t24-/m1/s1. The highest BCUT2D eigenvalue weighted by molar-refractivity contribution is 7.15. The number of ether oxygens (including phenoxy) is 2. The van der Waals surface area contributed by atoms with Crippen molar-refractivity contribution in [2.24, 2.45) is 5.92 Å². The predicted molar refractivity (Wildman–Crippen MR) is 137 cm³/mol. The Morgan fingerprint density at radius 3 is 2.65 bits per heavy atom. The fourth-order valence-corrected chi connectivity index (χ4v) is 6.91. The maximum Gasteiger partial charge on any atom is 0.322 e. The topological polar surface area (TPSA) is 55.7 Å². The molecular formula is C26H30ClN3O3S. The van der Waals surface area contributed by atoms with Crippen LogP contribution >= 0.6 is 22.9 Å². The Morgan fingerprint density at radius 2 is 1.91 bits per heavy atom. The highest BCUT2D eigenvalue weighted by Gasteiger charge is 2.36. The van der Waals surface area contributed by atoms with E-state index < -0.39 is 0 Å². The number of amides is 2. The summed E-state index contributed by atoms with van der Waals surface area (Å²) in [6.07, 6.45) is 6.80. The number of benzene rings is 1. The Bertz CT molecular complexity index is 1230. The number of fused-ring (bicyclic) bond motifs is 5. The Hall–Kier alpha value is -2.64. The first-order chi connectivity index (χ1) is 16.4. The number of hydrogen-bond donors (Lipinski definition) is 1. The van der Waals surface area contributed by atoms with Crippen LogP contribution < -0.4 is 14.8 Å². The summed E-state index contributed by atoms with van der Waals surface area (Å²) in [6, 6.07) is 7.35. The first kappa shape index (κ1) is 23.1. The molecule has 0 fully saturated rings. The van der Waals surface area contributed by atoms with E-state index in [1.807, 2.05) is 16.2 Å². The van der Waals surface area contributed by atoms with Gasteiger partial charge in [0.2, 0.25) is 0 Å². The van der Waals surface area contributed by atoms with E-state index in [4.69, 9.17) is 21.1 Å². The molecule has 2 aliphatic rings. The predicted octanol–water partition coefficient (Wildman–Crippen LogP) is 6.83. The number of carbonyl (C=O) groups is 1. The summed E-state index contributed by atoms with van der Waals surface area (Å²) in [5, 5.41) is 4.75. The molecule has 1 aliphatic carbocycles. The second kappa shape index (κ2) is 9.19. The second-order valence-electron chi connectivity index (χ2n) is 9.23. The fourth-order valence-electron chi connectivity index (χ4n) is 5.27. The summed E-state index contributed by atoms with van der Waals surface area (Å²) in [7, 11) is 3.12. The first-order valence-corrected chi connectivity index (χ1v) is 12.9. The van der Waals surface area contributed by atoms with Gasteiger partial charge in [-0.3, -0.25) is 0 Å². The molecule has 8 heteroatoms. The van der Waals surface area contributed by atoms with Gasteiger partial charge in [0.15, 0.2) is 0 Å². The van der Waals surface area contributed by atoms with Crippen LogP contribution in [0.25, 0.3) is 5.00 Å². The van der Waals surface area contributed by atoms with Crippen molar-refractivity contribution in [2.45, 2.75) is 52.1 Å². The summed E-state index contributed by atoms with van der Waals surface area (Å²) >= 11 is 8.26. The lowest BCUT2D eigenvalue weighted by molar-refractivity contribution is 0.161. The van der Waals surface area contributed by atoms with Gasteiger partial charge in [0, 0.05) is 28.4 Å². The molecule has 0 bridgehead atoms. The van der Waals surface area contributed by atoms with Gasteiger partial charge in [-0.05, 0) is 55.4 Å². The summed E-state index contributed by atoms with van der Waals surface area (Å²) in [6.45, 7) is 4.91. The van der Waals surface area contributed by atoms with E-state index in [0.29, 0.717) is 28.8 Å². The molecular weight excluding hydrogens is 470 g/mol. The zero-order valence-electron chi connectivity index (χ0n) is 20.0. The number of carbonyl (C=O) groups excluding carboxylic acids is 1. The number of halogens is 1.